The van der Waals surface area contributed by atoms with Gasteiger partial charge in [-0.25, -0.2) is 4.98 Å². The highest BCUT2D eigenvalue weighted by molar-refractivity contribution is 6.08. The Morgan fingerprint density at radius 2 is 1.81 bits per heavy atom. The number of ether oxygens (including phenoxy) is 2. The van der Waals surface area contributed by atoms with Gasteiger partial charge < -0.3 is 19.2 Å². The number of anilines is 1. The number of aromatic nitrogens is 1. The Balaban J connectivity index is 1.58. The predicted molar refractivity (Wildman–Crippen MR) is 119 cm³/mol. The summed E-state index contributed by atoms with van der Waals surface area (Å²) in [4.78, 5) is 17.3. The highest BCUT2D eigenvalue weighted by Crippen LogP contribution is 2.30. The highest BCUT2D eigenvalue weighted by atomic mass is 16.5. The fourth-order valence-electron chi connectivity index (χ4n) is 3.18. The third-order valence-electron chi connectivity index (χ3n) is 4.69. The Morgan fingerprint density at radius 1 is 1.00 bits per heavy atom. The van der Waals surface area contributed by atoms with Crippen molar-refractivity contribution in [1.29, 1.82) is 0 Å². The molecule has 0 saturated heterocycles. The van der Waals surface area contributed by atoms with Crippen LogP contribution in [0, 0.1) is 0 Å². The second-order valence-corrected chi connectivity index (χ2v) is 6.72. The molecular formula is C25H22N2O4. The maximum Gasteiger partial charge on any atom is 0.256 e. The number of hydrogen-bond donors (Lipinski definition) is 1. The largest absolute Gasteiger partial charge is 0.497 e. The fraction of sp³-hybridized carbons (Fsp3) is 0.120. The van der Waals surface area contributed by atoms with Gasteiger partial charge in [0.25, 0.3) is 5.91 Å². The molecule has 156 valence electrons. The number of hydrogen-bond acceptors (Lipinski definition) is 5. The topological polar surface area (TPSA) is 73.6 Å². The molecule has 0 atom stereocenters. The zero-order valence-electron chi connectivity index (χ0n) is 17.3. The molecular weight excluding hydrogens is 392 g/mol. The third kappa shape index (κ3) is 4.59. The minimum Gasteiger partial charge on any atom is -0.497 e. The van der Waals surface area contributed by atoms with Gasteiger partial charge in [0.05, 0.1) is 25.5 Å². The van der Waals surface area contributed by atoms with Gasteiger partial charge in [-0.15, -0.1) is 0 Å². The number of rotatable bonds is 7. The molecule has 4 aromatic rings. The first kappa shape index (κ1) is 20.2. The van der Waals surface area contributed by atoms with Crippen LogP contribution in [0.1, 0.15) is 17.3 Å². The van der Waals surface area contributed by atoms with Crippen molar-refractivity contribution in [2.45, 2.75) is 6.92 Å². The fourth-order valence-corrected chi connectivity index (χ4v) is 3.18. The lowest BCUT2D eigenvalue weighted by Crippen LogP contribution is -2.13. The zero-order valence-corrected chi connectivity index (χ0v) is 17.3. The quantitative estimate of drug-likeness (QED) is 0.422. The lowest BCUT2D eigenvalue weighted by atomic mass is 10.1. The van der Waals surface area contributed by atoms with E-state index in [-0.39, 0.29) is 5.91 Å². The van der Waals surface area contributed by atoms with E-state index in [9.17, 15) is 4.79 Å². The lowest BCUT2D eigenvalue weighted by Gasteiger charge is -2.09. The van der Waals surface area contributed by atoms with Gasteiger partial charge in [-0.3, -0.25) is 4.79 Å². The number of carbonyl (C=O) groups excluding carboxylic acids is 1. The summed E-state index contributed by atoms with van der Waals surface area (Å²) in [6, 6.07) is 22.0. The molecule has 0 aliphatic rings. The van der Waals surface area contributed by atoms with Crippen molar-refractivity contribution in [3.05, 3.63) is 84.6 Å². The standard InChI is InChI=1S/C25H22N2O4/c1-3-30-19-13-11-18(12-14-19)27-24(28)21-9-4-5-10-22(21)25-26-16-23(31-25)17-7-6-8-20(15-17)29-2/h4-16H,3H2,1-2H3,(H,27,28). The number of oxazole rings is 1. The van der Waals surface area contributed by atoms with Crippen molar-refractivity contribution in [2.75, 3.05) is 19.0 Å². The van der Waals surface area contributed by atoms with Gasteiger partial charge in [0.15, 0.2) is 5.76 Å². The molecule has 1 aromatic heterocycles. The number of nitrogens with zero attached hydrogens (tertiary/aromatic N) is 1. The van der Waals surface area contributed by atoms with E-state index in [0.717, 1.165) is 17.1 Å². The van der Waals surface area contributed by atoms with Crippen molar-refractivity contribution >= 4 is 11.6 Å². The Kier molecular flexibility index (Phi) is 5.98. The van der Waals surface area contributed by atoms with Crippen LogP contribution >= 0.6 is 0 Å². The van der Waals surface area contributed by atoms with E-state index in [1.807, 2.05) is 61.5 Å². The van der Waals surface area contributed by atoms with Crippen LogP contribution in [0.2, 0.25) is 0 Å². The Hall–Kier alpha value is -4.06. The minimum atomic E-state index is -0.249. The molecule has 1 amide bonds. The molecule has 3 aromatic carbocycles. The van der Waals surface area contributed by atoms with E-state index < -0.39 is 0 Å². The number of benzene rings is 3. The minimum absolute atomic E-state index is 0.249. The zero-order chi connectivity index (χ0) is 21.6. The van der Waals surface area contributed by atoms with Crippen LogP contribution in [0.4, 0.5) is 5.69 Å². The normalized spacial score (nSPS) is 10.5. The lowest BCUT2D eigenvalue weighted by molar-refractivity contribution is 0.102. The smallest absolute Gasteiger partial charge is 0.256 e. The van der Waals surface area contributed by atoms with E-state index in [0.29, 0.717) is 35.1 Å². The molecule has 0 radical (unpaired) electrons. The summed E-state index contributed by atoms with van der Waals surface area (Å²) >= 11 is 0. The number of carbonyl (C=O) groups is 1. The third-order valence-corrected chi connectivity index (χ3v) is 4.69. The van der Waals surface area contributed by atoms with E-state index >= 15 is 0 Å². The molecule has 4 rings (SSSR count). The molecule has 1 N–H and O–H groups in total. The van der Waals surface area contributed by atoms with Crippen LogP contribution in [0.25, 0.3) is 22.8 Å². The van der Waals surface area contributed by atoms with E-state index in [2.05, 4.69) is 10.3 Å². The van der Waals surface area contributed by atoms with Gasteiger partial charge >= 0.3 is 0 Å². The summed E-state index contributed by atoms with van der Waals surface area (Å²) < 4.78 is 16.7. The second kappa shape index (κ2) is 9.17. The van der Waals surface area contributed by atoms with Crippen LogP contribution in [0.3, 0.4) is 0 Å². The SMILES string of the molecule is CCOc1ccc(NC(=O)c2ccccc2-c2ncc(-c3cccc(OC)c3)o2)cc1. The molecule has 6 heteroatoms. The van der Waals surface area contributed by atoms with Gasteiger partial charge in [0.1, 0.15) is 11.5 Å². The summed E-state index contributed by atoms with van der Waals surface area (Å²) in [5.41, 5.74) is 2.60. The molecule has 6 nitrogen and oxygen atoms in total. The van der Waals surface area contributed by atoms with E-state index in [4.69, 9.17) is 13.9 Å². The van der Waals surface area contributed by atoms with Crippen molar-refractivity contribution < 1.29 is 18.7 Å². The Morgan fingerprint density at radius 3 is 2.58 bits per heavy atom. The molecule has 0 unspecified atom stereocenters. The van der Waals surface area contributed by atoms with E-state index in [1.165, 1.54) is 0 Å². The molecule has 0 aliphatic carbocycles. The Labute approximate surface area is 180 Å². The molecule has 0 saturated carbocycles. The maximum atomic E-state index is 13.0. The first-order valence-electron chi connectivity index (χ1n) is 9.92. The monoisotopic (exact) mass is 414 g/mol. The first-order chi connectivity index (χ1) is 15.2. The van der Waals surface area contributed by atoms with Crippen molar-refractivity contribution in [1.82, 2.24) is 4.98 Å². The summed E-state index contributed by atoms with van der Waals surface area (Å²) in [5, 5.41) is 2.91. The molecule has 0 fully saturated rings. The molecule has 0 spiro atoms. The molecule has 0 bridgehead atoms. The van der Waals surface area contributed by atoms with Crippen LogP contribution in [-0.2, 0) is 0 Å². The van der Waals surface area contributed by atoms with Crippen molar-refractivity contribution in [3.63, 3.8) is 0 Å². The highest BCUT2D eigenvalue weighted by Gasteiger charge is 2.17. The van der Waals surface area contributed by atoms with E-state index in [1.54, 1.807) is 31.5 Å². The number of methoxy groups -OCH3 is 1. The first-order valence-corrected chi connectivity index (χ1v) is 9.92. The summed E-state index contributed by atoms with van der Waals surface area (Å²) in [5.74, 6) is 2.20. The molecule has 1 heterocycles. The second-order valence-electron chi connectivity index (χ2n) is 6.72. The summed E-state index contributed by atoms with van der Waals surface area (Å²) in [7, 11) is 1.62. The average molecular weight is 414 g/mol. The van der Waals surface area contributed by atoms with Gasteiger partial charge in [-0.1, -0.05) is 24.3 Å². The number of nitrogens with one attached hydrogen (secondary N) is 1. The van der Waals surface area contributed by atoms with Crippen molar-refractivity contribution in [3.8, 4) is 34.3 Å². The predicted octanol–water partition coefficient (Wildman–Crippen LogP) is 5.67. The van der Waals surface area contributed by atoms with Gasteiger partial charge in [0.2, 0.25) is 5.89 Å². The van der Waals surface area contributed by atoms with Gasteiger partial charge in [-0.2, -0.15) is 0 Å². The van der Waals surface area contributed by atoms with Gasteiger partial charge in [-0.05, 0) is 55.5 Å². The van der Waals surface area contributed by atoms with Crippen LogP contribution in [0.5, 0.6) is 11.5 Å². The number of amides is 1. The Bertz CT molecular complexity index is 1180. The summed E-state index contributed by atoms with van der Waals surface area (Å²) in [6.45, 7) is 2.52. The van der Waals surface area contributed by atoms with Gasteiger partial charge in [0, 0.05) is 16.8 Å². The van der Waals surface area contributed by atoms with Crippen molar-refractivity contribution in [2.24, 2.45) is 0 Å². The van der Waals surface area contributed by atoms with Crippen LogP contribution in [-0.4, -0.2) is 24.6 Å². The summed E-state index contributed by atoms with van der Waals surface area (Å²) in [6.07, 6.45) is 1.64. The molecule has 31 heavy (non-hydrogen) atoms. The molecule has 0 aliphatic heterocycles. The van der Waals surface area contributed by atoms with Crippen LogP contribution < -0.4 is 14.8 Å². The maximum absolute atomic E-state index is 13.0. The average Bonchev–Trinajstić information content (AvgIpc) is 3.31. The van der Waals surface area contributed by atoms with Crippen LogP contribution in [0.15, 0.2) is 83.4 Å².